The van der Waals surface area contributed by atoms with Gasteiger partial charge in [0.1, 0.15) is 5.00 Å². The first kappa shape index (κ1) is 15.5. The molecule has 0 spiro atoms. The number of hydrogen-bond acceptors (Lipinski definition) is 3. The molecule has 1 aromatic rings. The van der Waals surface area contributed by atoms with Crippen LogP contribution in [0.15, 0.2) is 0 Å². The van der Waals surface area contributed by atoms with E-state index in [2.05, 4.69) is 5.32 Å². The van der Waals surface area contributed by atoms with Crippen LogP contribution < -0.4 is 5.32 Å². The molecule has 22 heavy (non-hydrogen) atoms. The second-order valence-corrected chi connectivity index (χ2v) is 7.96. The summed E-state index contributed by atoms with van der Waals surface area (Å²) in [6.07, 6.45) is 5.68. The zero-order valence-corrected chi connectivity index (χ0v) is 14.4. The molecular formula is C17H24N2O2S. The SMILES string of the molecule is Cc1sc(NC(=O)C2CC2)c(C(=O)N(C)CC2CCC2)c1C. The topological polar surface area (TPSA) is 49.4 Å². The monoisotopic (exact) mass is 320 g/mol. The van der Waals surface area contributed by atoms with E-state index >= 15 is 0 Å². The lowest BCUT2D eigenvalue weighted by atomic mass is 9.85. The molecule has 1 N–H and O–H groups in total. The van der Waals surface area contributed by atoms with Gasteiger partial charge in [0.15, 0.2) is 0 Å². The van der Waals surface area contributed by atoms with Crippen LogP contribution in [-0.2, 0) is 4.79 Å². The predicted molar refractivity (Wildman–Crippen MR) is 89.4 cm³/mol. The smallest absolute Gasteiger partial charge is 0.256 e. The molecule has 0 unspecified atom stereocenters. The van der Waals surface area contributed by atoms with Gasteiger partial charge in [0.25, 0.3) is 5.91 Å². The second kappa shape index (κ2) is 6.03. The van der Waals surface area contributed by atoms with Gasteiger partial charge >= 0.3 is 0 Å². The maximum Gasteiger partial charge on any atom is 0.256 e. The van der Waals surface area contributed by atoms with Crippen molar-refractivity contribution in [1.82, 2.24) is 4.90 Å². The third-order valence-corrected chi connectivity index (χ3v) is 6.01. The Morgan fingerprint density at radius 3 is 2.45 bits per heavy atom. The van der Waals surface area contributed by atoms with Crippen LogP contribution in [0.5, 0.6) is 0 Å². The number of rotatable bonds is 5. The zero-order valence-electron chi connectivity index (χ0n) is 13.6. The third-order valence-electron chi connectivity index (χ3n) is 4.89. The molecule has 2 aliphatic rings. The van der Waals surface area contributed by atoms with E-state index < -0.39 is 0 Å². The highest BCUT2D eigenvalue weighted by Gasteiger charge is 2.32. The first-order valence-corrected chi connectivity index (χ1v) is 8.95. The minimum absolute atomic E-state index is 0.0415. The minimum Gasteiger partial charge on any atom is -0.341 e. The summed E-state index contributed by atoms with van der Waals surface area (Å²) in [4.78, 5) is 27.8. The van der Waals surface area contributed by atoms with E-state index in [-0.39, 0.29) is 17.7 Å². The summed E-state index contributed by atoms with van der Waals surface area (Å²) in [7, 11) is 1.87. The molecule has 5 heteroatoms. The normalized spacial score (nSPS) is 18.0. The van der Waals surface area contributed by atoms with Crippen LogP contribution in [0.4, 0.5) is 5.00 Å². The van der Waals surface area contributed by atoms with Gasteiger partial charge in [0.2, 0.25) is 5.91 Å². The van der Waals surface area contributed by atoms with Crippen molar-refractivity contribution in [3.05, 3.63) is 16.0 Å². The van der Waals surface area contributed by atoms with Crippen LogP contribution in [0.25, 0.3) is 0 Å². The van der Waals surface area contributed by atoms with Crippen molar-refractivity contribution >= 4 is 28.2 Å². The van der Waals surface area contributed by atoms with Crippen molar-refractivity contribution in [2.75, 3.05) is 18.9 Å². The molecule has 1 heterocycles. The molecule has 120 valence electrons. The molecule has 0 aromatic carbocycles. The molecule has 0 radical (unpaired) electrons. The summed E-state index contributed by atoms with van der Waals surface area (Å²) >= 11 is 1.52. The largest absolute Gasteiger partial charge is 0.341 e. The van der Waals surface area contributed by atoms with E-state index in [0.29, 0.717) is 11.5 Å². The summed E-state index contributed by atoms with van der Waals surface area (Å²) < 4.78 is 0. The van der Waals surface area contributed by atoms with Gasteiger partial charge in [-0.15, -0.1) is 11.3 Å². The van der Waals surface area contributed by atoms with E-state index in [1.807, 2.05) is 25.8 Å². The molecule has 4 nitrogen and oxygen atoms in total. The fourth-order valence-electron chi connectivity index (χ4n) is 2.87. The van der Waals surface area contributed by atoms with E-state index in [9.17, 15) is 9.59 Å². The maximum atomic E-state index is 12.8. The fourth-order valence-corrected chi connectivity index (χ4v) is 3.92. The van der Waals surface area contributed by atoms with Crippen molar-refractivity contribution in [2.45, 2.75) is 46.0 Å². The molecule has 2 amide bonds. The van der Waals surface area contributed by atoms with Crippen molar-refractivity contribution in [2.24, 2.45) is 11.8 Å². The summed E-state index contributed by atoms with van der Waals surface area (Å²) in [5, 5.41) is 3.72. The number of carbonyl (C=O) groups excluding carboxylic acids is 2. The molecule has 0 aliphatic heterocycles. The Balaban J connectivity index is 1.77. The molecule has 0 atom stereocenters. The molecule has 0 saturated heterocycles. The highest BCUT2D eigenvalue weighted by molar-refractivity contribution is 7.16. The molecule has 2 fully saturated rings. The lowest BCUT2D eigenvalue weighted by Crippen LogP contribution is -2.34. The summed E-state index contributed by atoms with van der Waals surface area (Å²) in [6, 6.07) is 0. The Hall–Kier alpha value is -1.36. The van der Waals surface area contributed by atoms with Crippen molar-refractivity contribution < 1.29 is 9.59 Å². The Morgan fingerprint density at radius 2 is 1.91 bits per heavy atom. The van der Waals surface area contributed by atoms with Gasteiger partial charge in [0, 0.05) is 24.4 Å². The van der Waals surface area contributed by atoms with Crippen LogP contribution in [-0.4, -0.2) is 30.3 Å². The first-order valence-electron chi connectivity index (χ1n) is 8.13. The van der Waals surface area contributed by atoms with Gasteiger partial charge in [0.05, 0.1) is 5.56 Å². The molecule has 2 aliphatic carbocycles. The lowest BCUT2D eigenvalue weighted by Gasteiger charge is -2.30. The van der Waals surface area contributed by atoms with Crippen LogP contribution >= 0.6 is 11.3 Å². The molecule has 1 aromatic heterocycles. The van der Waals surface area contributed by atoms with Crippen LogP contribution in [0.1, 0.15) is 52.9 Å². The van der Waals surface area contributed by atoms with Gasteiger partial charge in [-0.3, -0.25) is 9.59 Å². The van der Waals surface area contributed by atoms with E-state index in [1.165, 1.54) is 30.6 Å². The lowest BCUT2D eigenvalue weighted by molar-refractivity contribution is -0.117. The van der Waals surface area contributed by atoms with Gasteiger partial charge in [-0.25, -0.2) is 0 Å². The summed E-state index contributed by atoms with van der Waals surface area (Å²) in [5.74, 6) is 0.911. The summed E-state index contributed by atoms with van der Waals surface area (Å²) in [6.45, 7) is 4.81. The highest BCUT2D eigenvalue weighted by atomic mass is 32.1. The highest BCUT2D eigenvalue weighted by Crippen LogP contribution is 2.36. The van der Waals surface area contributed by atoms with E-state index in [0.717, 1.165) is 34.8 Å². The Kier molecular flexibility index (Phi) is 4.26. The summed E-state index contributed by atoms with van der Waals surface area (Å²) in [5.41, 5.74) is 1.69. The van der Waals surface area contributed by atoms with E-state index in [1.54, 1.807) is 0 Å². The Labute approximate surface area is 135 Å². The Morgan fingerprint density at radius 1 is 1.23 bits per heavy atom. The van der Waals surface area contributed by atoms with Crippen molar-refractivity contribution in [1.29, 1.82) is 0 Å². The first-order chi connectivity index (χ1) is 10.5. The van der Waals surface area contributed by atoms with Gasteiger partial charge in [-0.2, -0.15) is 0 Å². The van der Waals surface area contributed by atoms with E-state index in [4.69, 9.17) is 0 Å². The Bertz CT molecular complexity index is 600. The number of hydrogen-bond donors (Lipinski definition) is 1. The number of nitrogens with one attached hydrogen (secondary N) is 1. The zero-order chi connectivity index (χ0) is 15.9. The molecule has 3 rings (SSSR count). The van der Waals surface area contributed by atoms with Crippen molar-refractivity contribution in [3.8, 4) is 0 Å². The third kappa shape index (κ3) is 3.05. The van der Waals surface area contributed by atoms with Crippen LogP contribution in [0, 0.1) is 25.7 Å². The molecular weight excluding hydrogens is 296 g/mol. The predicted octanol–water partition coefficient (Wildman–Crippen LogP) is 3.59. The van der Waals surface area contributed by atoms with Crippen molar-refractivity contribution in [3.63, 3.8) is 0 Å². The number of amides is 2. The quantitative estimate of drug-likeness (QED) is 0.901. The number of anilines is 1. The fraction of sp³-hybridized carbons (Fsp3) is 0.647. The van der Waals surface area contributed by atoms with Crippen LogP contribution in [0.3, 0.4) is 0 Å². The molecule has 0 bridgehead atoms. The minimum atomic E-state index is 0.0415. The van der Waals surface area contributed by atoms with Gasteiger partial charge in [-0.05, 0) is 51.0 Å². The average Bonchev–Trinajstić information content (AvgIpc) is 3.23. The van der Waals surface area contributed by atoms with Gasteiger partial charge < -0.3 is 10.2 Å². The number of carbonyl (C=O) groups is 2. The second-order valence-electron chi connectivity index (χ2n) is 6.73. The number of nitrogens with zero attached hydrogens (tertiary/aromatic N) is 1. The van der Waals surface area contributed by atoms with Gasteiger partial charge in [-0.1, -0.05) is 6.42 Å². The standard InChI is InChI=1S/C17H24N2O2S/c1-10-11(2)22-16(18-15(20)13-7-8-13)14(10)17(21)19(3)9-12-5-4-6-12/h12-13H,4-9H2,1-3H3,(H,18,20). The molecule has 2 saturated carbocycles. The number of thiophene rings is 1. The van der Waals surface area contributed by atoms with Crippen LogP contribution in [0.2, 0.25) is 0 Å². The average molecular weight is 320 g/mol. The maximum absolute atomic E-state index is 12.8. The number of aryl methyl sites for hydroxylation is 1.